The minimum atomic E-state index is -0.346. The largest absolute Gasteiger partial charge is 0.494 e. The van der Waals surface area contributed by atoms with E-state index < -0.39 is 0 Å². The van der Waals surface area contributed by atoms with Gasteiger partial charge in [0.2, 0.25) is 5.88 Å². The number of benzene rings is 2. The van der Waals surface area contributed by atoms with E-state index in [0.29, 0.717) is 12.0 Å². The van der Waals surface area contributed by atoms with Gasteiger partial charge >= 0.3 is 0 Å². The summed E-state index contributed by atoms with van der Waals surface area (Å²) in [4.78, 5) is 14.1. The molecule has 144 valence electrons. The molecule has 3 aromatic rings. The molecule has 0 radical (unpaired) electrons. The third kappa shape index (κ3) is 3.25. The first-order valence-electron chi connectivity index (χ1n) is 9.03. The van der Waals surface area contributed by atoms with Crippen molar-refractivity contribution in [3.05, 3.63) is 80.8 Å². The second-order valence-corrected chi connectivity index (χ2v) is 8.50. The number of anilines is 1. The van der Waals surface area contributed by atoms with Crippen LogP contribution in [-0.4, -0.2) is 14.2 Å². The van der Waals surface area contributed by atoms with Crippen LogP contribution >= 0.6 is 24.0 Å². The predicted molar refractivity (Wildman–Crippen MR) is 116 cm³/mol. The summed E-state index contributed by atoms with van der Waals surface area (Å²) >= 11 is 7.03. The van der Waals surface area contributed by atoms with Crippen molar-refractivity contribution in [2.75, 3.05) is 5.32 Å². The average Bonchev–Trinajstić information content (AvgIpc) is 2.91. The quantitative estimate of drug-likeness (QED) is 0.606. The molecule has 0 amide bonds. The highest BCUT2D eigenvalue weighted by Crippen LogP contribution is 2.48. The van der Waals surface area contributed by atoms with Gasteiger partial charge in [0.1, 0.15) is 0 Å². The van der Waals surface area contributed by atoms with Crippen LogP contribution in [0.3, 0.4) is 0 Å². The molecule has 2 unspecified atom stereocenters. The van der Waals surface area contributed by atoms with Crippen molar-refractivity contribution in [3.8, 4) is 5.88 Å². The van der Waals surface area contributed by atoms with Gasteiger partial charge in [0.15, 0.2) is 4.77 Å². The number of aromatic hydroxyl groups is 1. The van der Waals surface area contributed by atoms with Gasteiger partial charge in [0.25, 0.3) is 5.56 Å². The second-order valence-electron chi connectivity index (χ2n) is 6.89. The molecule has 7 heteroatoms. The SMILES string of the molecule is Cn1c(O)c(C2CC(c3ccccc3)Sc3ccccc3N2)c(=O)n(C)c1=S. The zero-order valence-electron chi connectivity index (χ0n) is 15.6. The average molecular weight is 412 g/mol. The molecule has 2 aromatic carbocycles. The molecule has 4 rings (SSSR count). The summed E-state index contributed by atoms with van der Waals surface area (Å²) in [6, 6.07) is 18.0. The molecule has 1 aliphatic heterocycles. The first-order chi connectivity index (χ1) is 13.5. The summed E-state index contributed by atoms with van der Waals surface area (Å²) in [7, 11) is 3.32. The van der Waals surface area contributed by atoms with E-state index in [1.165, 1.54) is 14.7 Å². The Labute approximate surface area is 172 Å². The van der Waals surface area contributed by atoms with Crippen molar-refractivity contribution in [2.45, 2.75) is 22.6 Å². The molecule has 0 saturated heterocycles. The number of rotatable bonds is 2. The molecule has 2 atom stereocenters. The van der Waals surface area contributed by atoms with Crippen LogP contribution in [0.15, 0.2) is 64.3 Å². The van der Waals surface area contributed by atoms with E-state index in [4.69, 9.17) is 12.2 Å². The minimum Gasteiger partial charge on any atom is -0.494 e. The lowest BCUT2D eigenvalue weighted by atomic mass is 9.99. The second kappa shape index (κ2) is 7.48. The maximum Gasteiger partial charge on any atom is 0.263 e. The van der Waals surface area contributed by atoms with Crippen LogP contribution in [0.25, 0.3) is 0 Å². The minimum absolute atomic E-state index is 0.0817. The number of hydrogen-bond acceptors (Lipinski definition) is 5. The smallest absolute Gasteiger partial charge is 0.263 e. The van der Waals surface area contributed by atoms with Crippen molar-refractivity contribution in [1.82, 2.24) is 9.13 Å². The number of fused-ring (bicyclic) bond motifs is 1. The van der Waals surface area contributed by atoms with Gasteiger partial charge in [0, 0.05) is 29.9 Å². The highest BCUT2D eigenvalue weighted by molar-refractivity contribution is 7.99. The van der Waals surface area contributed by atoms with Gasteiger partial charge in [-0.15, -0.1) is 11.8 Å². The lowest BCUT2D eigenvalue weighted by Crippen LogP contribution is -2.30. The maximum absolute atomic E-state index is 13.0. The fraction of sp³-hybridized carbons (Fsp3) is 0.238. The molecule has 0 saturated carbocycles. The molecule has 2 heterocycles. The van der Waals surface area contributed by atoms with Gasteiger partial charge in [-0.2, -0.15) is 0 Å². The van der Waals surface area contributed by atoms with Crippen molar-refractivity contribution >= 4 is 29.7 Å². The van der Waals surface area contributed by atoms with Crippen molar-refractivity contribution in [1.29, 1.82) is 0 Å². The molecule has 0 spiro atoms. The Hall–Kier alpha value is -2.51. The van der Waals surface area contributed by atoms with Crippen molar-refractivity contribution in [2.24, 2.45) is 14.1 Å². The first-order valence-corrected chi connectivity index (χ1v) is 10.3. The van der Waals surface area contributed by atoms with Gasteiger partial charge in [-0.25, -0.2) is 0 Å². The molecular weight excluding hydrogens is 390 g/mol. The molecule has 1 aliphatic rings. The summed E-state index contributed by atoms with van der Waals surface area (Å²) in [5, 5.41) is 14.4. The normalized spacial score (nSPS) is 18.8. The van der Waals surface area contributed by atoms with Crippen LogP contribution in [0, 0.1) is 4.77 Å². The van der Waals surface area contributed by atoms with Crippen LogP contribution in [0.1, 0.15) is 28.8 Å². The highest BCUT2D eigenvalue weighted by Gasteiger charge is 2.30. The van der Waals surface area contributed by atoms with Gasteiger partial charge in [0.05, 0.1) is 11.6 Å². The van der Waals surface area contributed by atoms with Crippen LogP contribution < -0.4 is 10.9 Å². The molecule has 0 fully saturated rings. The Morgan fingerprint density at radius 2 is 1.75 bits per heavy atom. The molecule has 5 nitrogen and oxygen atoms in total. The molecule has 0 bridgehead atoms. The fourth-order valence-corrected chi connectivity index (χ4v) is 5.05. The summed E-state index contributed by atoms with van der Waals surface area (Å²) in [6.45, 7) is 0. The first kappa shape index (κ1) is 18.8. The lowest BCUT2D eigenvalue weighted by Gasteiger charge is -2.23. The van der Waals surface area contributed by atoms with Crippen LogP contribution in [0.4, 0.5) is 5.69 Å². The Balaban J connectivity index is 1.88. The van der Waals surface area contributed by atoms with Gasteiger partial charge in [-0.1, -0.05) is 42.5 Å². The summed E-state index contributed by atoms with van der Waals surface area (Å²) in [5.74, 6) is -0.0817. The highest BCUT2D eigenvalue weighted by atomic mass is 32.2. The fourth-order valence-electron chi connectivity index (χ4n) is 3.58. The topological polar surface area (TPSA) is 59.2 Å². The summed E-state index contributed by atoms with van der Waals surface area (Å²) in [6.07, 6.45) is 0.656. The van der Waals surface area contributed by atoms with E-state index in [9.17, 15) is 9.90 Å². The number of nitrogens with one attached hydrogen (secondary N) is 1. The van der Waals surface area contributed by atoms with Crippen molar-refractivity contribution in [3.63, 3.8) is 0 Å². The maximum atomic E-state index is 13.0. The molecule has 1 aromatic heterocycles. The van der Waals surface area contributed by atoms with E-state index in [2.05, 4.69) is 23.5 Å². The zero-order valence-corrected chi connectivity index (χ0v) is 17.3. The third-order valence-electron chi connectivity index (χ3n) is 5.12. The number of hydrogen-bond donors (Lipinski definition) is 2. The zero-order chi connectivity index (χ0) is 19.8. The van der Waals surface area contributed by atoms with Crippen LogP contribution in [0.2, 0.25) is 0 Å². The van der Waals surface area contributed by atoms with Gasteiger partial charge in [-0.3, -0.25) is 13.9 Å². The number of thioether (sulfide) groups is 1. The monoisotopic (exact) mass is 411 g/mol. The molecule has 28 heavy (non-hydrogen) atoms. The van der Waals surface area contributed by atoms with E-state index >= 15 is 0 Å². The summed E-state index contributed by atoms with van der Waals surface area (Å²) < 4.78 is 3.18. The number of para-hydroxylation sites is 1. The Morgan fingerprint density at radius 1 is 1.07 bits per heavy atom. The predicted octanol–water partition coefficient (Wildman–Crippen LogP) is 4.55. The number of nitrogens with zero attached hydrogens (tertiary/aromatic N) is 2. The Kier molecular flexibility index (Phi) is 5.03. The lowest BCUT2D eigenvalue weighted by molar-refractivity contribution is 0.400. The van der Waals surface area contributed by atoms with E-state index in [1.54, 1.807) is 25.9 Å². The third-order valence-corrected chi connectivity index (χ3v) is 7.03. The standard InChI is InChI=1S/C21H21N3O2S2/c1-23-19(25)18(20(26)24(2)21(23)27)15-12-17(13-8-4-3-5-9-13)28-16-11-7-6-10-14(16)22-15/h3-11,15,17,22,25H,12H2,1-2H3. The van der Waals surface area contributed by atoms with Crippen LogP contribution in [-0.2, 0) is 14.1 Å². The van der Waals surface area contributed by atoms with Gasteiger partial charge in [-0.05, 0) is 36.3 Å². The van der Waals surface area contributed by atoms with Crippen LogP contribution in [0.5, 0.6) is 5.88 Å². The molecule has 2 N–H and O–H groups in total. The van der Waals surface area contributed by atoms with E-state index in [1.807, 2.05) is 36.4 Å². The molecular formula is C21H21N3O2S2. The Bertz CT molecular complexity index is 1140. The number of aromatic nitrogens is 2. The van der Waals surface area contributed by atoms with E-state index in [0.717, 1.165) is 10.6 Å². The molecule has 0 aliphatic carbocycles. The summed E-state index contributed by atoms with van der Waals surface area (Å²) in [5.41, 5.74) is 2.23. The van der Waals surface area contributed by atoms with Gasteiger partial charge < -0.3 is 10.4 Å². The van der Waals surface area contributed by atoms with Crippen molar-refractivity contribution < 1.29 is 5.11 Å². The van der Waals surface area contributed by atoms with E-state index in [-0.39, 0.29) is 27.5 Å². The Morgan fingerprint density at radius 3 is 2.50 bits per heavy atom.